The zero-order valence-electron chi connectivity index (χ0n) is 11.1. The van der Waals surface area contributed by atoms with Crippen molar-refractivity contribution in [1.82, 2.24) is 5.32 Å². The molecule has 0 amide bonds. The molecule has 10 heteroatoms. The van der Waals surface area contributed by atoms with E-state index in [1.165, 1.54) is 0 Å². The van der Waals surface area contributed by atoms with E-state index in [4.69, 9.17) is 41.5 Å². The first kappa shape index (κ1) is 21.4. The fourth-order valence-corrected chi connectivity index (χ4v) is 0.731. The van der Waals surface area contributed by atoms with Crippen LogP contribution in [0.4, 0.5) is 0 Å². The van der Waals surface area contributed by atoms with Crippen LogP contribution in [0.25, 0.3) is 0 Å². The average molecular weight is 300 g/mol. The summed E-state index contributed by atoms with van der Waals surface area (Å²) >= 11 is 0. The zero-order valence-corrected chi connectivity index (χ0v) is 11.1. The summed E-state index contributed by atoms with van der Waals surface area (Å²) in [6.45, 7) is -3.18. The van der Waals surface area contributed by atoms with Gasteiger partial charge >= 0.3 is 5.97 Å². The quantitative estimate of drug-likeness (QED) is 0.199. The molecule has 20 heavy (non-hydrogen) atoms. The number of nitrogens with two attached hydrogens (primary N) is 1. The van der Waals surface area contributed by atoms with Gasteiger partial charge in [0.15, 0.2) is 0 Å². The number of nitrogens with one attached hydrogen (secondary N) is 1. The molecule has 0 aromatic heterocycles. The molecule has 0 fully saturated rings. The number of aliphatic hydroxyl groups excluding tert-OH is 6. The summed E-state index contributed by atoms with van der Waals surface area (Å²) in [7, 11) is 0. The van der Waals surface area contributed by atoms with Gasteiger partial charge < -0.3 is 41.5 Å². The maximum Gasteiger partial charge on any atom is 0.317 e. The van der Waals surface area contributed by atoms with Crippen molar-refractivity contribution in [3.8, 4) is 0 Å². The van der Waals surface area contributed by atoms with Gasteiger partial charge in [-0.15, -0.1) is 0 Å². The first-order valence-corrected chi connectivity index (χ1v) is 5.69. The van der Waals surface area contributed by atoms with Crippen molar-refractivity contribution in [2.24, 2.45) is 5.73 Å². The highest BCUT2D eigenvalue weighted by Gasteiger charge is 2.27. The summed E-state index contributed by atoms with van der Waals surface area (Å²) in [5, 5.41) is 61.8. The molecule has 0 radical (unpaired) electrons. The van der Waals surface area contributed by atoms with Crippen LogP contribution in [0.1, 0.15) is 0 Å². The Kier molecular flexibility index (Phi) is 11.7. The number of hydrogen-bond donors (Lipinski definition) is 9. The molecule has 122 valence electrons. The molecular weight excluding hydrogens is 276 g/mol. The van der Waals surface area contributed by atoms with Crippen molar-refractivity contribution in [2.45, 2.75) is 11.1 Å². The minimum absolute atomic E-state index is 0.403. The number of hydrogen-bond acceptors (Lipinski definition) is 9. The third-order valence-corrected chi connectivity index (χ3v) is 2.47. The highest BCUT2D eigenvalue weighted by atomic mass is 16.4. The Labute approximate surface area is 116 Å². The third kappa shape index (κ3) is 8.35. The fourth-order valence-electron chi connectivity index (χ4n) is 0.731. The van der Waals surface area contributed by atoms with Crippen LogP contribution in [0.2, 0.25) is 0 Å². The van der Waals surface area contributed by atoms with Crippen LogP contribution in [0, 0.1) is 0 Å². The Morgan fingerprint density at radius 3 is 1.35 bits per heavy atom. The second-order valence-electron chi connectivity index (χ2n) is 4.34. The number of carbonyl (C=O) groups is 1. The number of rotatable bonds is 9. The maximum atomic E-state index is 10.1. The predicted molar refractivity (Wildman–Crippen MR) is 67.8 cm³/mol. The smallest absolute Gasteiger partial charge is 0.317 e. The largest absolute Gasteiger partial charge is 0.480 e. The van der Waals surface area contributed by atoms with Crippen molar-refractivity contribution in [3.05, 3.63) is 0 Å². The molecule has 0 heterocycles. The van der Waals surface area contributed by atoms with Crippen molar-refractivity contribution in [3.63, 3.8) is 0 Å². The third-order valence-electron chi connectivity index (χ3n) is 2.47. The van der Waals surface area contributed by atoms with E-state index in [-0.39, 0.29) is 0 Å². The molecule has 0 spiro atoms. The van der Waals surface area contributed by atoms with Crippen LogP contribution >= 0.6 is 0 Å². The van der Waals surface area contributed by atoms with E-state index in [0.717, 1.165) is 0 Å². The van der Waals surface area contributed by atoms with Gasteiger partial charge in [0.05, 0.1) is 57.3 Å². The van der Waals surface area contributed by atoms with Crippen molar-refractivity contribution in [2.75, 3.05) is 46.2 Å². The molecule has 0 rings (SSSR count). The summed E-state index contributed by atoms with van der Waals surface area (Å²) in [6.07, 6.45) is 0. The van der Waals surface area contributed by atoms with Gasteiger partial charge in [0, 0.05) is 0 Å². The van der Waals surface area contributed by atoms with E-state index in [1.54, 1.807) is 0 Å². The summed E-state index contributed by atoms with van der Waals surface area (Å²) in [5.41, 5.74) is 2.63. The predicted octanol–water partition coefficient (Wildman–Crippen LogP) is -4.96. The number of aliphatic carboxylic acids is 1. The minimum Gasteiger partial charge on any atom is -0.480 e. The monoisotopic (exact) mass is 300 g/mol. The lowest BCUT2D eigenvalue weighted by Crippen LogP contribution is -2.56. The first-order valence-electron chi connectivity index (χ1n) is 5.69. The van der Waals surface area contributed by atoms with Crippen LogP contribution in [0.3, 0.4) is 0 Å². The maximum absolute atomic E-state index is 10.1. The van der Waals surface area contributed by atoms with Crippen LogP contribution in [0.15, 0.2) is 0 Å². The molecule has 0 aromatic carbocycles. The topological polar surface area (TPSA) is 197 Å². The van der Waals surface area contributed by atoms with Gasteiger partial charge in [0.1, 0.15) is 0 Å². The molecule has 0 aromatic rings. The highest BCUT2D eigenvalue weighted by molar-refractivity contribution is 5.69. The Morgan fingerprint density at radius 2 is 1.20 bits per heavy atom. The molecule has 0 unspecified atom stereocenters. The Bertz CT molecular complexity index is 239. The zero-order chi connectivity index (χ0) is 16.2. The summed E-state index contributed by atoms with van der Waals surface area (Å²) in [6, 6.07) is 0. The lowest BCUT2D eigenvalue weighted by molar-refractivity contribution is -0.136. The molecule has 10 N–H and O–H groups in total. The number of carboxylic acids is 1. The first-order chi connectivity index (χ1) is 9.28. The number of carboxylic acid groups (broad SMARTS) is 1. The lowest BCUT2D eigenvalue weighted by atomic mass is 10.0. The van der Waals surface area contributed by atoms with Crippen molar-refractivity contribution >= 4 is 5.97 Å². The molecule has 0 aliphatic heterocycles. The van der Waals surface area contributed by atoms with Gasteiger partial charge in [-0.1, -0.05) is 0 Å². The van der Waals surface area contributed by atoms with Gasteiger partial charge in [-0.2, -0.15) is 0 Å². The van der Waals surface area contributed by atoms with E-state index in [9.17, 15) is 4.79 Å². The molecular formula is C10H24N2O8. The van der Waals surface area contributed by atoms with E-state index in [2.05, 4.69) is 5.32 Å². The number of aliphatic hydroxyl groups is 6. The van der Waals surface area contributed by atoms with E-state index >= 15 is 0 Å². The van der Waals surface area contributed by atoms with Crippen LogP contribution < -0.4 is 11.1 Å². The van der Waals surface area contributed by atoms with Crippen LogP contribution in [-0.4, -0.2) is 99.0 Å². The van der Waals surface area contributed by atoms with Gasteiger partial charge in [0.2, 0.25) is 0 Å². The molecule has 0 aliphatic carbocycles. The SMILES string of the molecule is NC(CO)(CO)CO.O=C(O)CNC(CO)(CO)CO. The Morgan fingerprint density at radius 1 is 0.850 bits per heavy atom. The second-order valence-corrected chi connectivity index (χ2v) is 4.34. The molecule has 0 saturated carbocycles. The van der Waals surface area contributed by atoms with E-state index in [1.807, 2.05) is 0 Å². The summed E-state index contributed by atoms with van der Waals surface area (Å²) in [4.78, 5) is 10.1. The molecule has 0 bridgehead atoms. The molecule has 10 nitrogen and oxygen atoms in total. The fraction of sp³-hybridized carbons (Fsp3) is 0.900. The average Bonchev–Trinajstić information content (AvgIpc) is 2.49. The van der Waals surface area contributed by atoms with Crippen molar-refractivity contribution < 1.29 is 40.5 Å². The Hall–Kier alpha value is -0.850. The Balaban J connectivity index is 0. The summed E-state index contributed by atoms with van der Waals surface area (Å²) < 4.78 is 0. The van der Waals surface area contributed by atoms with Gasteiger partial charge in [0.25, 0.3) is 0 Å². The van der Waals surface area contributed by atoms with Crippen LogP contribution in [0.5, 0.6) is 0 Å². The van der Waals surface area contributed by atoms with Crippen LogP contribution in [-0.2, 0) is 4.79 Å². The van der Waals surface area contributed by atoms with Crippen molar-refractivity contribution in [1.29, 1.82) is 0 Å². The van der Waals surface area contributed by atoms with Gasteiger partial charge in [-0.25, -0.2) is 0 Å². The second kappa shape index (κ2) is 10.9. The highest BCUT2D eigenvalue weighted by Crippen LogP contribution is 2.00. The molecule has 0 saturated heterocycles. The summed E-state index contributed by atoms with van der Waals surface area (Å²) in [5.74, 6) is -1.12. The van der Waals surface area contributed by atoms with E-state index < -0.39 is 63.2 Å². The standard InChI is InChI=1S/C6H13NO5.C4H11NO3/c8-2-6(3-9,4-10)7-1-5(11)12;5-4(1-6,2-7)3-8/h7-10H,1-4H2,(H,11,12);6-8H,1-3,5H2. The lowest BCUT2D eigenvalue weighted by Gasteiger charge is -2.27. The molecule has 0 atom stereocenters. The van der Waals surface area contributed by atoms with Gasteiger partial charge in [-0.05, 0) is 0 Å². The minimum atomic E-state index is -1.31. The molecule has 0 aliphatic rings. The van der Waals surface area contributed by atoms with E-state index in [0.29, 0.717) is 0 Å². The normalized spacial score (nSPS) is 11.8. The van der Waals surface area contributed by atoms with Gasteiger partial charge in [-0.3, -0.25) is 10.1 Å².